The number of alkyl halides is 3. The third-order valence-electron chi connectivity index (χ3n) is 4.57. The molecule has 3 N–H and O–H groups in total. The number of hydrogen-bond donors (Lipinski definition) is 3. The molecular weight excluding hydrogens is 373 g/mol. The van der Waals surface area contributed by atoms with E-state index in [9.17, 15) is 18.3 Å². The molecule has 1 aliphatic rings. The monoisotopic (exact) mass is 396 g/mol. The quantitative estimate of drug-likeness (QED) is 0.692. The van der Waals surface area contributed by atoms with Crippen LogP contribution in [0, 0.1) is 0 Å². The maximum atomic E-state index is 12.9. The molecular formula is C18H23F3N6O. The van der Waals surface area contributed by atoms with Gasteiger partial charge in [-0.25, -0.2) is 9.97 Å². The van der Waals surface area contributed by atoms with Gasteiger partial charge in [0.2, 0.25) is 5.95 Å². The average molecular weight is 396 g/mol. The second-order valence-corrected chi connectivity index (χ2v) is 6.72. The average Bonchev–Trinajstić information content (AvgIpc) is 2.68. The maximum Gasteiger partial charge on any atom is 0.416 e. The molecule has 2 aromatic rings. The zero-order valence-corrected chi connectivity index (χ0v) is 15.5. The molecule has 0 radical (unpaired) electrons. The van der Waals surface area contributed by atoms with Crippen LogP contribution >= 0.6 is 0 Å². The van der Waals surface area contributed by atoms with E-state index in [0.29, 0.717) is 18.3 Å². The Morgan fingerprint density at radius 1 is 1.29 bits per heavy atom. The third-order valence-corrected chi connectivity index (χ3v) is 4.57. The van der Waals surface area contributed by atoms with E-state index in [0.717, 1.165) is 50.0 Å². The predicted octanol–water partition coefficient (Wildman–Crippen LogP) is 2.53. The first kappa shape index (κ1) is 20.3. The minimum atomic E-state index is -4.45. The lowest BCUT2D eigenvalue weighted by atomic mass is 9.96. The van der Waals surface area contributed by atoms with Gasteiger partial charge in [0, 0.05) is 38.3 Å². The van der Waals surface area contributed by atoms with Crippen LogP contribution in [0.1, 0.15) is 30.0 Å². The molecule has 28 heavy (non-hydrogen) atoms. The molecule has 0 bridgehead atoms. The Balaban J connectivity index is 1.91. The van der Waals surface area contributed by atoms with E-state index in [1.807, 2.05) is 0 Å². The fourth-order valence-electron chi connectivity index (χ4n) is 3.06. The smallest absolute Gasteiger partial charge is 0.395 e. The Kier molecular flexibility index (Phi) is 6.30. The van der Waals surface area contributed by atoms with Gasteiger partial charge in [0.15, 0.2) is 0 Å². The van der Waals surface area contributed by atoms with Crippen LogP contribution in [0.15, 0.2) is 24.4 Å². The maximum absolute atomic E-state index is 12.9. The Labute approximate surface area is 161 Å². The van der Waals surface area contributed by atoms with E-state index in [2.05, 4.69) is 25.6 Å². The number of aliphatic hydroxyl groups excluding tert-OH is 1. The molecule has 152 valence electrons. The molecule has 3 rings (SSSR count). The van der Waals surface area contributed by atoms with Crippen molar-refractivity contribution >= 4 is 17.6 Å². The summed E-state index contributed by atoms with van der Waals surface area (Å²) >= 11 is 0. The van der Waals surface area contributed by atoms with E-state index in [4.69, 9.17) is 0 Å². The molecule has 3 heterocycles. The number of rotatable bonds is 6. The van der Waals surface area contributed by atoms with Crippen molar-refractivity contribution in [2.75, 3.05) is 43.5 Å². The van der Waals surface area contributed by atoms with Gasteiger partial charge in [0.25, 0.3) is 0 Å². The first-order valence-electron chi connectivity index (χ1n) is 9.09. The van der Waals surface area contributed by atoms with E-state index >= 15 is 0 Å². The molecule has 2 aromatic heterocycles. The zero-order valence-electron chi connectivity index (χ0n) is 15.5. The Bertz CT molecular complexity index is 795. The van der Waals surface area contributed by atoms with Crippen LogP contribution in [-0.2, 0) is 6.18 Å². The summed E-state index contributed by atoms with van der Waals surface area (Å²) in [5.41, 5.74) is 0.0184. The van der Waals surface area contributed by atoms with Gasteiger partial charge in [0.1, 0.15) is 11.6 Å². The van der Waals surface area contributed by atoms with Crippen molar-refractivity contribution in [3.8, 4) is 0 Å². The SMILES string of the molecule is CN(CCO)c1nc(Nc2cc(C(F)(F)F)ccn2)cc(C2CCCNC2)n1. The van der Waals surface area contributed by atoms with Crippen LogP contribution in [-0.4, -0.2) is 53.3 Å². The van der Waals surface area contributed by atoms with Gasteiger partial charge in [-0.3, -0.25) is 0 Å². The lowest BCUT2D eigenvalue weighted by Gasteiger charge is -2.24. The molecule has 7 nitrogen and oxygen atoms in total. The minimum absolute atomic E-state index is 0.0528. The van der Waals surface area contributed by atoms with E-state index in [-0.39, 0.29) is 18.3 Å². The highest BCUT2D eigenvalue weighted by atomic mass is 19.4. The highest BCUT2D eigenvalue weighted by Crippen LogP contribution is 2.31. The normalized spacial score (nSPS) is 17.4. The highest BCUT2D eigenvalue weighted by Gasteiger charge is 2.30. The van der Waals surface area contributed by atoms with Crippen LogP contribution in [0.3, 0.4) is 0 Å². The van der Waals surface area contributed by atoms with Crippen LogP contribution in [0.5, 0.6) is 0 Å². The number of aliphatic hydroxyl groups is 1. The lowest BCUT2D eigenvalue weighted by molar-refractivity contribution is -0.137. The second-order valence-electron chi connectivity index (χ2n) is 6.72. The number of aromatic nitrogens is 3. The number of nitrogens with one attached hydrogen (secondary N) is 2. The minimum Gasteiger partial charge on any atom is -0.395 e. The van der Waals surface area contributed by atoms with Crippen LogP contribution in [0.4, 0.5) is 30.8 Å². The second kappa shape index (κ2) is 8.70. The number of hydrogen-bond acceptors (Lipinski definition) is 7. The molecule has 1 atom stereocenters. The molecule has 0 saturated carbocycles. The number of likely N-dealkylation sites (N-methyl/N-ethyl adjacent to an activating group) is 1. The fraction of sp³-hybridized carbons (Fsp3) is 0.500. The topological polar surface area (TPSA) is 86.2 Å². The summed E-state index contributed by atoms with van der Waals surface area (Å²) < 4.78 is 38.8. The fourth-order valence-corrected chi connectivity index (χ4v) is 3.06. The molecule has 0 aromatic carbocycles. The molecule has 10 heteroatoms. The number of piperidine rings is 1. The van der Waals surface area contributed by atoms with Crippen molar-refractivity contribution in [1.29, 1.82) is 0 Å². The van der Waals surface area contributed by atoms with Crippen molar-refractivity contribution in [2.45, 2.75) is 24.9 Å². The third kappa shape index (κ3) is 5.08. The lowest BCUT2D eigenvalue weighted by Crippen LogP contribution is -2.30. The van der Waals surface area contributed by atoms with Crippen LogP contribution in [0.25, 0.3) is 0 Å². The van der Waals surface area contributed by atoms with Gasteiger partial charge in [-0.15, -0.1) is 0 Å². The molecule has 0 amide bonds. The van der Waals surface area contributed by atoms with Crippen molar-refractivity contribution in [3.63, 3.8) is 0 Å². The molecule has 1 unspecified atom stereocenters. The van der Waals surface area contributed by atoms with Crippen LogP contribution < -0.4 is 15.5 Å². The molecule has 0 spiro atoms. The number of halogens is 3. The Hall–Kier alpha value is -2.46. The number of pyridine rings is 1. The highest BCUT2D eigenvalue weighted by molar-refractivity contribution is 5.55. The van der Waals surface area contributed by atoms with Gasteiger partial charge < -0.3 is 20.6 Å². The largest absolute Gasteiger partial charge is 0.416 e. The van der Waals surface area contributed by atoms with E-state index in [1.54, 1.807) is 18.0 Å². The Morgan fingerprint density at radius 3 is 2.79 bits per heavy atom. The predicted molar refractivity (Wildman–Crippen MR) is 99.8 cm³/mol. The standard InChI is InChI=1S/C18H23F3N6O/c1-27(7-8-28)17-24-14(12-3-2-5-22-11-12)10-16(26-17)25-15-9-13(4-6-23-15)18(19,20)21/h4,6,9-10,12,22,28H,2-3,5,7-8,11H2,1H3,(H,23,24,25,26). The molecule has 0 aliphatic carbocycles. The van der Waals surface area contributed by atoms with Gasteiger partial charge >= 0.3 is 6.18 Å². The van der Waals surface area contributed by atoms with E-state index < -0.39 is 11.7 Å². The number of nitrogens with zero attached hydrogens (tertiary/aromatic N) is 4. The van der Waals surface area contributed by atoms with Crippen molar-refractivity contribution < 1.29 is 18.3 Å². The van der Waals surface area contributed by atoms with E-state index in [1.165, 1.54) is 0 Å². The van der Waals surface area contributed by atoms with Crippen molar-refractivity contribution in [1.82, 2.24) is 20.3 Å². The summed E-state index contributed by atoms with van der Waals surface area (Å²) in [7, 11) is 1.75. The summed E-state index contributed by atoms with van der Waals surface area (Å²) in [6.45, 7) is 2.01. The van der Waals surface area contributed by atoms with Gasteiger partial charge in [0.05, 0.1) is 17.9 Å². The van der Waals surface area contributed by atoms with Crippen molar-refractivity contribution in [2.24, 2.45) is 0 Å². The van der Waals surface area contributed by atoms with Gasteiger partial charge in [-0.2, -0.15) is 18.2 Å². The molecule has 1 aliphatic heterocycles. The summed E-state index contributed by atoms with van der Waals surface area (Å²) in [6, 6.07) is 3.61. The van der Waals surface area contributed by atoms with Gasteiger partial charge in [-0.05, 0) is 31.5 Å². The molecule has 1 fully saturated rings. The first-order chi connectivity index (χ1) is 13.4. The zero-order chi connectivity index (χ0) is 20.1. The van der Waals surface area contributed by atoms with Gasteiger partial charge in [-0.1, -0.05) is 0 Å². The number of anilines is 3. The Morgan fingerprint density at radius 2 is 2.11 bits per heavy atom. The summed E-state index contributed by atoms with van der Waals surface area (Å²) in [6.07, 6.45) is -1.35. The molecule has 1 saturated heterocycles. The first-order valence-corrected chi connectivity index (χ1v) is 9.09. The summed E-state index contributed by atoms with van der Waals surface area (Å²) in [5, 5.41) is 15.4. The van der Waals surface area contributed by atoms with Crippen LogP contribution in [0.2, 0.25) is 0 Å². The summed E-state index contributed by atoms with van der Waals surface area (Å²) in [4.78, 5) is 14.6. The van der Waals surface area contributed by atoms with Crippen molar-refractivity contribution in [3.05, 3.63) is 35.7 Å². The summed E-state index contributed by atoms with van der Waals surface area (Å²) in [5.74, 6) is 0.999.